The highest BCUT2D eigenvalue weighted by molar-refractivity contribution is 5.96. The Hall–Kier alpha value is -3.50. The second-order valence-electron chi connectivity index (χ2n) is 6.72. The van der Waals surface area contributed by atoms with Crippen LogP contribution in [0.5, 0.6) is 0 Å². The van der Waals surface area contributed by atoms with E-state index in [4.69, 9.17) is 0 Å². The molecular weight excluding hydrogens is 380 g/mol. The fourth-order valence-electron chi connectivity index (χ4n) is 3.14. The predicted molar refractivity (Wildman–Crippen MR) is 102 cm³/mol. The van der Waals surface area contributed by atoms with Crippen LogP contribution in [0.4, 0.5) is 5.69 Å². The highest BCUT2D eigenvalue weighted by atomic mass is 16.6. The summed E-state index contributed by atoms with van der Waals surface area (Å²) in [6.07, 6.45) is 3.36. The number of carbonyl (C=O) groups excluding carboxylic acids is 2. The monoisotopic (exact) mass is 402 g/mol. The van der Waals surface area contributed by atoms with Gasteiger partial charge in [0.15, 0.2) is 0 Å². The number of nitro groups is 1. The Bertz CT molecular complexity index is 979. The molecule has 0 unspecified atom stereocenters. The van der Waals surface area contributed by atoms with Crippen LogP contribution >= 0.6 is 0 Å². The molecule has 1 aliphatic heterocycles. The van der Waals surface area contributed by atoms with Gasteiger partial charge in [-0.2, -0.15) is 5.10 Å². The smallest absolute Gasteiger partial charge is 0.345 e. The van der Waals surface area contributed by atoms with E-state index in [1.165, 1.54) is 22.9 Å². The lowest BCUT2D eigenvalue weighted by atomic mass is 10.2. The Morgan fingerprint density at radius 3 is 2.83 bits per heavy atom. The SMILES string of the molecule is O=C(CNC(=O)c1cccc([N+](=O)[O-])c1)NCCCn1nc2n(c1=O)CCCC2. The van der Waals surface area contributed by atoms with Gasteiger partial charge in [-0.1, -0.05) is 6.07 Å². The largest absolute Gasteiger partial charge is 0.355 e. The number of aryl methyl sites for hydroxylation is 2. The second-order valence-corrected chi connectivity index (χ2v) is 6.72. The quantitative estimate of drug-likeness (QED) is 0.368. The van der Waals surface area contributed by atoms with Crippen LogP contribution in [0.15, 0.2) is 29.1 Å². The van der Waals surface area contributed by atoms with Crippen molar-refractivity contribution < 1.29 is 14.5 Å². The van der Waals surface area contributed by atoms with Gasteiger partial charge in [0.1, 0.15) is 5.82 Å². The van der Waals surface area contributed by atoms with Gasteiger partial charge in [0.05, 0.1) is 11.5 Å². The number of hydrogen-bond acceptors (Lipinski definition) is 6. The van der Waals surface area contributed by atoms with Crippen molar-refractivity contribution >= 4 is 17.5 Å². The number of aromatic nitrogens is 3. The van der Waals surface area contributed by atoms with E-state index in [0.29, 0.717) is 26.1 Å². The first-order chi connectivity index (χ1) is 14.0. The van der Waals surface area contributed by atoms with E-state index in [1.54, 1.807) is 4.57 Å². The van der Waals surface area contributed by atoms with Crippen molar-refractivity contribution in [2.75, 3.05) is 13.1 Å². The minimum Gasteiger partial charge on any atom is -0.355 e. The number of fused-ring (bicyclic) bond motifs is 1. The third-order valence-corrected chi connectivity index (χ3v) is 4.63. The molecule has 0 bridgehead atoms. The lowest BCUT2D eigenvalue weighted by Gasteiger charge is -2.09. The summed E-state index contributed by atoms with van der Waals surface area (Å²) >= 11 is 0. The zero-order valence-electron chi connectivity index (χ0n) is 15.8. The van der Waals surface area contributed by atoms with E-state index in [1.807, 2.05) is 0 Å². The van der Waals surface area contributed by atoms with Crippen LogP contribution in [0.2, 0.25) is 0 Å². The molecule has 1 aromatic carbocycles. The third kappa shape index (κ3) is 5.06. The highest BCUT2D eigenvalue weighted by Crippen LogP contribution is 2.12. The van der Waals surface area contributed by atoms with Gasteiger partial charge in [-0.15, -0.1) is 0 Å². The zero-order chi connectivity index (χ0) is 20.8. The average Bonchev–Trinajstić information content (AvgIpc) is 3.05. The zero-order valence-corrected chi connectivity index (χ0v) is 15.8. The number of nitrogens with one attached hydrogen (secondary N) is 2. The Labute approximate surface area is 165 Å². The van der Waals surface area contributed by atoms with Crippen molar-refractivity contribution in [2.24, 2.45) is 0 Å². The summed E-state index contributed by atoms with van der Waals surface area (Å²) in [5, 5.41) is 20.2. The standard InChI is InChI=1S/C18H22N6O5/c25-16(12-20-17(26)13-5-3-6-14(11-13)24(28)29)19-8-4-10-23-18(27)22-9-2-1-7-15(22)21-23/h3,5-6,11H,1-2,4,7-10,12H2,(H,19,25)(H,20,26). The number of nitro benzene ring substituents is 1. The Kier molecular flexibility index (Phi) is 6.37. The number of amides is 2. The molecule has 2 N–H and O–H groups in total. The summed E-state index contributed by atoms with van der Waals surface area (Å²) in [6.45, 7) is 1.19. The summed E-state index contributed by atoms with van der Waals surface area (Å²) in [4.78, 5) is 46.2. The predicted octanol–water partition coefficient (Wildman–Crippen LogP) is 0.226. The van der Waals surface area contributed by atoms with Crippen molar-refractivity contribution in [1.29, 1.82) is 0 Å². The average molecular weight is 402 g/mol. The van der Waals surface area contributed by atoms with Crippen LogP contribution < -0.4 is 16.3 Å². The molecule has 2 heterocycles. The van der Waals surface area contributed by atoms with Gasteiger partial charge in [0.25, 0.3) is 11.6 Å². The minimum atomic E-state index is -0.592. The van der Waals surface area contributed by atoms with Gasteiger partial charge in [0, 0.05) is 43.8 Å². The molecule has 154 valence electrons. The van der Waals surface area contributed by atoms with Crippen molar-refractivity contribution in [1.82, 2.24) is 25.0 Å². The van der Waals surface area contributed by atoms with Crippen LogP contribution in [-0.2, 0) is 24.3 Å². The molecule has 0 radical (unpaired) electrons. The molecule has 0 aliphatic carbocycles. The summed E-state index contributed by atoms with van der Waals surface area (Å²) < 4.78 is 3.13. The third-order valence-electron chi connectivity index (χ3n) is 4.63. The molecule has 0 saturated heterocycles. The molecule has 11 heteroatoms. The molecule has 0 saturated carbocycles. The summed E-state index contributed by atoms with van der Waals surface area (Å²) in [5.41, 5.74) is -0.205. The molecule has 0 spiro atoms. The van der Waals surface area contributed by atoms with Gasteiger partial charge in [0.2, 0.25) is 5.91 Å². The Morgan fingerprint density at radius 1 is 1.24 bits per heavy atom. The molecule has 0 atom stereocenters. The molecule has 29 heavy (non-hydrogen) atoms. The normalized spacial score (nSPS) is 12.8. The molecule has 1 aliphatic rings. The van der Waals surface area contributed by atoms with Crippen molar-refractivity contribution in [3.05, 3.63) is 56.3 Å². The topological polar surface area (TPSA) is 141 Å². The van der Waals surface area contributed by atoms with Crippen molar-refractivity contribution in [3.8, 4) is 0 Å². The van der Waals surface area contributed by atoms with Gasteiger partial charge >= 0.3 is 5.69 Å². The summed E-state index contributed by atoms with van der Waals surface area (Å²) in [6, 6.07) is 5.27. The van der Waals surface area contributed by atoms with Crippen LogP contribution in [-0.4, -0.2) is 44.2 Å². The van der Waals surface area contributed by atoms with E-state index in [-0.39, 0.29) is 29.4 Å². The van der Waals surface area contributed by atoms with Gasteiger partial charge in [-0.25, -0.2) is 9.48 Å². The lowest BCUT2D eigenvalue weighted by Crippen LogP contribution is -2.37. The first-order valence-corrected chi connectivity index (χ1v) is 9.41. The van der Waals surface area contributed by atoms with Crippen LogP contribution in [0.3, 0.4) is 0 Å². The number of rotatable bonds is 8. The van der Waals surface area contributed by atoms with Crippen LogP contribution in [0.1, 0.15) is 35.4 Å². The first-order valence-electron chi connectivity index (χ1n) is 9.41. The fourth-order valence-corrected chi connectivity index (χ4v) is 3.14. The van der Waals surface area contributed by atoms with E-state index in [9.17, 15) is 24.5 Å². The van der Waals surface area contributed by atoms with E-state index >= 15 is 0 Å². The fraction of sp³-hybridized carbons (Fsp3) is 0.444. The number of carbonyl (C=O) groups is 2. The van der Waals surface area contributed by atoms with E-state index in [0.717, 1.165) is 31.2 Å². The van der Waals surface area contributed by atoms with Crippen molar-refractivity contribution in [2.45, 2.75) is 38.8 Å². The Morgan fingerprint density at radius 2 is 2.07 bits per heavy atom. The maximum atomic E-state index is 12.2. The van der Waals surface area contributed by atoms with Crippen LogP contribution in [0, 0.1) is 10.1 Å². The minimum absolute atomic E-state index is 0.107. The molecule has 0 fully saturated rings. The number of hydrogen-bond donors (Lipinski definition) is 2. The first kappa shape index (κ1) is 20.2. The molecule has 3 rings (SSSR count). The summed E-state index contributed by atoms with van der Waals surface area (Å²) in [7, 11) is 0. The number of nitrogens with zero attached hydrogens (tertiary/aromatic N) is 4. The molecule has 1 aromatic heterocycles. The maximum Gasteiger partial charge on any atom is 0.345 e. The van der Waals surface area contributed by atoms with Gasteiger partial charge in [-0.05, 0) is 25.3 Å². The van der Waals surface area contributed by atoms with Crippen molar-refractivity contribution in [3.63, 3.8) is 0 Å². The van der Waals surface area contributed by atoms with Gasteiger partial charge < -0.3 is 10.6 Å². The summed E-state index contributed by atoms with van der Waals surface area (Å²) in [5.74, 6) is -0.145. The molecule has 2 amide bonds. The molecule has 2 aromatic rings. The van der Waals surface area contributed by atoms with Crippen LogP contribution in [0.25, 0.3) is 0 Å². The van der Waals surface area contributed by atoms with E-state index < -0.39 is 10.8 Å². The maximum absolute atomic E-state index is 12.2. The molecule has 11 nitrogen and oxygen atoms in total. The number of benzene rings is 1. The van der Waals surface area contributed by atoms with E-state index in [2.05, 4.69) is 15.7 Å². The Balaban J connectivity index is 1.40. The lowest BCUT2D eigenvalue weighted by molar-refractivity contribution is -0.384. The highest BCUT2D eigenvalue weighted by Gasteiger charge is 2.16. The van der Waals surface area contributed by atoms with Gasteiger partial charge in [-0.3, -0.25) is 24.3 Å². The molecular formula is C18H22N6O5. The number of non-ortho nitro benzene ring substituents is 1. The second kappa shape index (κ2) is 9.13.